The van der Waals surface area contributed by atoms with Gasteiger partial charge < -0.3 is 0 Å². The van der Waals surface area contributed by atoms with Crippen molar-refractivity contribution < 1.29 is 0 Å². The molecule has 0 spiro atoms. The lowest BCUT2D eigenvalue weighted by Crippen LogP contribution is -1.65. The molecular weight excluding hydrogens is 211 g/mol. The predicted molar refractivity (Wildman–Crippen MR) is 45.3 cm³/mol. The van der Waals surface area contributed by atoms with Gasteiger partial charge in [0.1, 0.15) is 0 Å². The normalized spacial score (nSPS) is 15.4. The van der Waals surface area contributed by atoms with Gasteiger partial charge in [0.15, 0.2) is 0 Å². The van der Waals surface area contributed by atoms with E-state index in [0.29, 0.717) is 0 Å². The van der Waals surface area contributed by atoms with E-state index in [9.17, 15) is 0 Å². The van der Waals surface area contributed by atoms with Crippen molar-refractivity contribution in [3.8, 4) is 0 Å². The molecule has 0 saturated heterocycles. The molecule has 0 radical (unpaired) electrons. The Bertz CT molecular complexity index is 138. The van der Waals surface area contributed by atoms with Crippen molar-refractivity contribution in [3.05, 3.63) is 36.0 Å². The van der Waals surface area contributed by atoms with E-state index in [2.05, 4.69) is 53.0 Å². The molecule has 0 atom stereocenters. The summed E-state index contributed by atoms with van der Waals surface area (Å²) in [7, 11) is 0. The number of hydrogen-bond donors (Lipinski definition) is 0. The molecule has 0 unspecified atom stereocenters. The summed E-state index contributed by atoms with van der Waals surface area (Å²) >= 11 is 2.33. The van der Waals surface area contributed by atoms with E-state index < -0.39 is 0 Å². The first-order chi connectivity index (χ1) is 3.93. The number of alkyl halides is 1. The van der Waals surface area contributed by atoms with Gasteiger partial charge in [0.2, 0.25) is 0 Å². The first-order valence-corrected chi connectivity index (χ1v) is 4.07. The average molecular weight is 218 g/mol. The lowest BCUT2D eigenvalue weighted by molar-refractivity contribution is 1.69. The monoisotopic (exact) mass is 218 g/mol. The zero-order chi connectivity index (χ0) is 5.82. The quantitative estimate of drug-likeness (QED) is 0.468. The lowest BCUT2D eigenvalue weighted by Gasteiger charge is -1.82. The van der Waals surface area contributed by atoms with Crippen LogP contribution in [0.4, 0.5) is 0 Å². The molecule has 0 aliphatic heterocycles. The molecule has 0 aromatic rings. The summed E-state index contributed by atoms with van der Waals surface area (Å²) in [5.41, 5.74) is 1.33. The fourth-order valence-electron chi connectivity index (χ4n) is 0.614. The van der Waals surface area contributed by atoms with E-state index in [1.165, 1.54) is 5.57 Å². The summed E-state index contributed by atoms with van der Waals surface area (Å²) in [6.07, 6.45) is 10.5. The highest BCUT2D eigenvalue weighted by Gasteiger charge is 1.86. The Kier molecular flexibility index (Phi) is 2.33. The van der Waals surface area contributed by atoms with E-state index in [0.717, 1.165) is 4.43 Å². The molecule has 8 heavy (non-hydrogen) atoms. The fourth-order valence-corrected chi connectivity index (χ4v) is 1.12. The summed E-state index contributed by atoms with van der Waals surface area (Å²) < 4.78 is 1.10. The summed E-state index contributed by atoms with van der Waals surface area (Å²) in [5, 5.41) is 0. The van der Waals surface area contributed by atoms with Crippen molar-refractivity contribution in [2.24, 2.45) is 0 Å². The molecule has 1 heteroatoms. The second-order valence-electron chi connectivity index (χ2n) is 1.58. The largest absolute Gasteiger partial charge is 0.0818 e. The molecular formula is C7H7I. The Hall–Kier alpha value is -0.0500. The van der Waals surface area contributed by atoms with Crippen LogP contribution in [0, 0.1) is 0 Å². The molecule has 0 bridgehead atoms. The molecule has 0 nitrogen and oxygen atoms in total. The van der Waals surface area contributed by atoms with Crippen molar-refractivity contribution in [3.63, 3.8) is 0 Å². The Balaban J connectivity index is 2.60. The predicted octanol–water partition coefficient (Wildman–Crippen LogP) is 2.47. The minimum atomic E-state index is 1.10. The van der Waals surface area contributed by atoms with Crippen molar-refractivity contribution in [1.82, 2.24) is 0 Å². The minimum absolute atomic E-state index is 1.10. The van der Waals surface area contributed by atoms with E-state index in [1.54, 1.807) is 0 Å². The molecule has 1 aliphatic carbocycles. The van der Waals surface area contributed by atoms with E-state index in [1.807, 2.05) is 0 Å². The average Bonchev–Trinajstić information content (AvgIpc) is 2.19. The maximum atomic E-state index is 2.33. The van der Waals surface area contributed by atoms with Gasteiger partial charge in [-0.3, -0.25) is 0 Å². The molecule has 0 amide bonds. The zero-order valence-corrected chi connectivity index (χ0v) is 6.63. The smallest absolute Gasteiger partial charge is 0.0184 e. The highest BCUT2D eigenvalue weighted by Crippen LogP contribution is 2.06. The Morgan fingerprint density at radius 3 is 2.50 bits per heavy atom. The summed E-state index contributed by atoms with van der Waals surface area (Å²) in [6.45, 7) is 0. The number of allylic oxidation sites excluding steroid dienone is 6. The van der Waals surface area contributed by atoms with Crippen LogP contribution in [0.2, 0.25) is 0 Å². The second kappa shape index (κ2) is 3.07. The lowest BCUT2D eigenvalue weighted by atomic mass is 10.3. The third-order valence-corrected chi connectivity index (χ3v) is 1.44. The Morgan fingerprint density at radius 2 is 2.00 bits per heavy atom. The summed E-state index contributed by atoms with van der Waals surface area (Å²) in [4.78, 5) is 0. The van der Waals surface area contributed by atoms with Gasteiger partial charge in [-0.15, -0.1) is 0 Å². The van der Waals surface area contributed by atoms with Crippen LogP contribution in [-0.2, 0) is 0 Å². The first-order valence-electron chi connectivity index (χ1n) is 2.54. The standard InChI is InChI=1S/C7H7I/c8-6-5-7-3-1-2-4-7/h1-5H,6H2. The van der Waals surface area contributed by atoms with Crippen LogP contribution in [0.1, 0.15) is 0 Å². The number of hydrogen-bond acceptors (Lipinski definition) is 0. The van der Waals surface area contributed by atoms with E-state index in [4.69, 9.17) is 0 Å². The van der Waals surface area contributed by atoms with Crippen molar-refractivity contribution in [1.29, 1.82) is 0 Å². The van der Waals surface area contributed by atoms with Crippen LogP contribution >= 0.6 is 22.6 Å². The van der Waals surface area contributed by atoms with Gasteiger partial charge in [0, 0.05) is 4.43 Å². The molecule has 0 aromatic heterocycles. The molecule has 0 aromatic carbocycles. The molecule has 0 N–H and O–H groups in total. The highest BCUT2D eigenvalue weighted by atomic mass is 127. The molecule has 1 aliphatic rings. The molecule has 0 saturated carbocycles. The number of rotatable bonds is 1. The van der Waals surface area contributed by atoms with Crippen LogP contribution in [0.15, 0.2) is 36.0 Å². The van der Waals surface area contributed by atoms with Gasteiger partial charge in [0.05, 0.1) is 0 Å². The van der Waals surface area contributed by atoms with Crippen molar-refractivity contribution >= 4 is 22.6 Å². The minimum Gasteiger partial charge on any atom is -0.0818 e. The molecule has 0 heterocycles. The molecule has 42 valence electrons. The maximum Gasteiger partial charge on any atom is 0.0184 e. The topological polar surface area (TPSA) is 0 Å². The Labute approximate surface area is 63.1 Å². The van der Waals surface area contributed by atoms with Gasteiger partial charge in [-0.1, -0.05) is 53.0 Å². The zero-order valence-electron chi connectivity index (χ0n) is 4.47. The third kappa shape index (κ3) is 1.47. The SMILES string of the molecule is ICC=C1C=CC=C1. The van der Waals surface area contributed by atoms with Gasteiger partial charge >= 0.3 is 0 Å². The van der Waals surface area contributed by atoms with Crippen LogP contribution in [0.3, 0.4) is 0 Å². The van der Waals surface area contributed by atoms with Gasteiger partial charge in [-0.25, -0.2) is 0 Å². The summed E-state index contributed by atoms with van der Waals surface area (Å²) in [6, 6.07) is 0. The maximum absolute atomic E-state index is 2.33. The fraction of sp³-hybridized carbons (Fsp3) is 0.143. The first kappa shape index (κ1) is 6.08. The van der Waals surface area contributed by atoms with E-state index >= 15 is 0 Å². The van der Waals surface area contributed by atoms with Crippen LogP contribution in [0.25, 0.3) is 0 Å². The Morgan fingerprint density at radius 1 is 1.38 bits per heavy atom. The van der Waals surface area contributed by atoms with Crippen LogP contribution < -0.4 is 0 Å². The van der Waals surface area contributed by atoms with Gasteiger partial charge in [-0.2, -0.15) is 0 Å². The highest BCUT2D eigenvalue weighted by molar-refractivity contribution is 14.1. The van der Waals surface area contributed by atoms with Crippen molar-refractivity contribution in [2.75, 3.05) is 4.43 Å². The van der Waals surface area contributed by atoms with Gasteiger partial charge in [-0.05, 0) is 5.57 Å². The van der Waals surface area contributed by atoms with Crippen LogP contribution in [0.5, 0.6) is 0 Å². The summed E-state index contributed by atoms with van der Waals surface area (Å²) in [5.74, 6) is 0. The van der Waals surface area contributed by atoms with Gasteiger partial charge in [0.25, 0.3) is 0 Å². The molecule has 1 rings (SSSR count). The number of halogens is 1. The van der Waals surface area contributed by atoms with E-state index in [-0.39, 0.29) is 0 Å². The third-order valence-electron chi connectivity index (χ3n) is 1.00. The second-order valence-corrected chi connectivity index (χ2v) is 2.46. The molecule has 0 fully saturated rings. The van der Waals surface area contributed by atoms with Crippen LogP contribution in [-0.4, -0.2) is 4.43 Å². The van der Waals surface area contributed by atoms with Crippen molar-refractivity contribution in [2.45, 2.75) is 0 Å².